The van der Waals surface area contributed by atoms with Crippen molar-refractivity contribution in [2.24, 2.45) is 0 Å². The molecule has 0 bridgehead atoms. The molecule has 0 aliphatic heterocycles. The maximum Gasteiger partial charge on any atom is 0.335 e. The molecule has 0 radical (unpaired) electrons. The van der Waals surface area contributed by atoms with Crippen molar-refractivity contribution in [2.45, 2.75) is 51.5 Å². The Bertz CT molecular complexity index is 489. The van der Waals surface area contributed by atoms with Crippen molar-refractivity contribution in [3.8, 4) is 0 Å². The Labute approximate surface area is 125 Å². The van der Waals surface area contributed by atoms with E-state index in [0.29, 0.717) is 18.9 Å². The van der Waals surface area contributed by atoms with Gasteiger partial charge in [0.2, 0.25) is 5.91 Å². The molecule has 2 rings (SSSR count). The number of hydrogen-bond donors (Lipinski definition) is 1. The van der Waals surface area contributed by atoms with Crippen LogP contribution in [0.3, 0.4) is 0 Å². The number of amides is 1. The van der Waals surface area contributed by atoms with Crippen LogP contribution in [0, 0.1) is 0 Å². The van der Waals surface area contributed by atoms with Gasteiger partial charge < -0.3 is 10.0 Å². The predicted octanol–water partition coefficient (Wildman–Crippen LogP) is 3.11. The molecule has 4 heteroatoms. The number of aryl methyl sites for hydroxylation is 1. The molecule has 1 fully saturated rings. The molecule has 0 saturated heterocycles. The van der Waals surface area contributed by atoms with Crippen LogP contribution in [0.5, 0.6) is 0 Å². The highest BCUT2D eigenvalue weighted by Gasteiger charge is 2.24. The average molecular weight is 289 g/mol. The highest BCUT2D eigenvalue weighted by atomic mass is 16.4. The smallest absolute Gasteiger partial charge is 0.335 e. The van der Waals surface area contributed by atoms with E-state index in [1.54, 1.807) is 24.3 Å². The third-order valence-corrected chi connectivity index (χ3v) is 4.25. The van der Waals surface area contributed by atoms with Crippen molar-refractivity contribution < 1.29 is 14.7 Å². The maximum atomic E-state index is 12.3. The molecule has 1 saturated carbocycles. The first-order valence-corrected chi connectivity index (χ1v) is 7.73. The second kappa shape index (κ2) is 7.25. The van der Waals surface area contributed by atoms with Gasteiger partial charge in [-0.15, -0.1) is 0 Å². The molecule has 1 aromatic carbocycles. The third kappa shape index (κ3) is 4.06. The summed E-state index contributed by atoms with van der Waals surface area (Å²) in [6, 6.07) is 7.20. The standard InChI is InChI=1S/C17H23NO3/c1-2-18(15-5-3-4-6-15)16(19)12-9-13-7-10-14(11-8-13)17(20)21/h7-8,10-11,15H,2-6,9,12H2,1H3,(H,20,21). The number of carboxylic acid groups (broad SMARTS) is 1. The topological polar surface area (TPSA) is 57.6 Å². The van der Waals surface area contributed by atoms with E-state index < -0.39 is 5.97 Å². The van der Waals surface area contributed by atoms with Crippen LogP contribution in [0.25, 0.3) is 0 Å². The van der Waals surface area contributed by atoms with Gasteiger partial charge in [0, 0.05) is 19.0 Å². The van der Waals surface area contributed by atoms with Crippen LogP contribution in [-0.4, -0.2) is 34.5 Å². The molecule has 1 aliphatic rings. The van der Waals surface area contributed by atoms with Crippen molar-refractivity contribution in [3.63, 3.8) is 0 Å². The van der Waals surface area contributed by atoms with E-state index in [4.69, 9.17) is 5.11 Å². The van der Waals surface area contributed by atoms with E-state index in [0.717, 1.165) is 24.9 Å². The van der Waals surface area contributed by atoms with Crippen molar-refractivity contribution in [1.29, 1.82) is 0 Å². The molecule has 1 N–H and O–H groups in total. The Morgan fingerprint density at radius 1 is 1.19 bits per heavy atom. The molecule has 1 aliphatic carbocycles. The van der Waals surface area contributed by atoms with Crippen molar-refractivity contribution in [1.82, 2.24) is 4.90 Å². The van der Waals surface area contributed by atoms with Gasteiger partial charge in [-0.25, -0.2) is 4.79 Å². The van der Waals surface area contributed by atoms with Crippen LogP contribution in [0.2, 0.25) is 0 Å². The van der Waals surface area contributed by atoms with Gasteiger partial charge in [0.25, 0.3) is 0 Å². The Hall–Kier alpha value is -1.84. The molecular weight excluding hydrogens is 266 g/mol. The summed E-state index contributed by atoms with van der Waals surface area (Å²) in [6.45, 7) is 2.82. The zero-order chi connectivity index (χ0) is 15.2. The number of hydrogen-bond acceptors (Lipinski definition) is 2. The lowest BCUT2D eigenvalue weighted by molar-refractivity contribution is -0.133. The van der Waals surface area contributed by atoms with Crippen LogP contribution in [0.1, 0.15) is 54.9 Å². The van der Waals surface area contributed by atoms with E-state index in [1.165, 1.54) is 12.8 Å². The van der Waals surface area contributed by atoms with Gasteiger partial charge in [0.1, 0.15) is 0 Å². The lowest BCUT2D eigenvalue weighted by Crippen LogP contribution is -2.38. The SMILES string of the molecule is CCN(C(=O)CCc1ccc(C(=O)O)cc1)C1CCCC1. The highest BCUT2D eigenvalue weighted by molar-refractivity contribution is 5.87. The summed E-state index contributed by atoms with van der Waals surface area (Å²) in [5.41, 5.74) is 1.29. The number of carbonyl (C=O) groups excluding carboxylic acids is 1. The molecule has 21 heavy (non-hydrogen) atoms. The van der Waals surface area contributed by atoms with Crippen LogP contribution in [-0.2, 0) is 11.2 Å². The molecule has 0 atom stereocenters. The zero-order valence-electron chi connectivity index (χ0n) is 12.5. The summed E-state index contributed by atoms with van der Waals surface area (Å²) in [6.07, 6.45) is 5.88. The first kappa shape index (κ1) is 15.5. The Kier molecular flexibility index (Phi) is 5.37. The summed E-state index contributed by atoms with van der Waals surface area (Å²) in [4.78, 5) is 25.1. The number of carboxylic acids is 1. The molecular formula is C17H23NO3. The minimum Gasteiger partial charge on any atom is -0.478 e. The van der Waals surface area contributed by atoms with E-state index in [2.05, 4.69) is 0 Å². The summed E-state index contributed by atoms with van der Waals surface area (Å²) in [7, 11) is 0. The quantitative estimate of drug-likeness (QED) is 0.875. The van der Waals surface area contributed by atoms with Crippen molar-refractivity contribution in [2.75, 3.05) is 6.54 Å². The van der Waals surface area contributed by atoms with Gasteiger partial charge in [-0.2, -0.15) is 0 Å². The summed E-state index contributed by atoms with van der Waals surface area (Å²) in [5, 5.41) is 8.86. The molecule has 0 aromatic heterocycles. The Balaban J connectivity index is 1.88. The van der Waals surface area contributed by atoms with Crippen LogP contribution in [0.15, 0.2) is 24.3 Å². The minimum atomic E-state index is -0.920. The monoisotopic (exact) mass is 289 g/mol. The Morgan fingerprint density at radius 3 is 2.33 bits per heavy atom. The third-order valence-electron chi connectivity index (χ3n) is 4.25. The van der Waals surface area contributed by atoms with Gasteiger partial charge >= 0.3 is 5.97 Å². The summed E-state index contributed by atoms with van der Waals surface area (Å²) >= 11 is 0. The molecule has 1 aromatic rings. The lowest BCUT2D eigenvalue weighted by Gasteiger charge is -2.27. The number of nitrogens with zero attached hydrogens (tertiary/aromatic N) is 1. The molecule has 0 heterocycles. The van der Waals surface area contributed by atoms with Gasteiger partial charge in [-0.05, 0) is 43.9 Å². The van der Waals surface area contributed by atoms with E-state index >= 15 is 0 Å². The van der Waals surface area contributed by atoms with Crippen molar-refractivity contribution >= 4 is 11.9 Å². The summed E-state index contributed by atoms with van der Waals surface area (Å²) < 4.78 is 0. The number of rotatable bonds is 6. The first-order chi connectivity index (χ1) is 10.1. The van der Waals surface area contributed by atoms with Crippen LogP contribution in [0.4, 0.5) is 0 Å². The van der Waals surface area contributed by atoms with E-state index in [1.807, 2.05) is 11.8 Å². The second-order valence-corrected chi connectivity index (χ2v) is 5.62. The van der Waals surface area contributed by atoms with Gasteiger partial charge in [0.05, 0.1) is 5.56 Å². The fourth-order valence-corrected chi connectivity index (χ4v) is 3.06. The fraction of sp³-hybridized carbons (Fsp3) is 0.529. The predicted molar refractivity (Wildman–Crippen MR) is 81.4 cm³/mol. The molecule has 0 unspecified atom stereocenters. The minimum absolute atomic E-state index is 0.215. The zero-order valence-corrected chi connectivity index (χ0v) is 12.5. The molecule has 114 valence electrons. The lowest BCUT2D eigenvalue weighted by atomic mass is 10.1. The Morgan fingerprint density at radius 2 is 1.81 bits per heavy atom. The number of aromatic carboxylic acids is 1. The molecule has 0 spiro atoms. The van der Waals surface area contributed by atoms with Crippen LogP contribution >= 0.6 is 0 Å². The normalized spacial score (nSPS) is 15.1. The van der Waals surface area contributed by atoms with Gasteiger partial charge in [-0.3, -0.25) is 4.79 Å². The summed E-state index contributed by atoms with van der Waals surface area (Å²) in [5.74, 6) is -0.706. The molecule has 1 amide bonds. The van der Waals surface area contributed by atoms with Crippen molar-refractivity contribution in [3.05, 3.63) is 35.4 Å². The first-order valence-electron chi connectivity index (χ1n) is 7.73. The number of benzene rings is 1. The second-order valence-electron chi connectivity index (χ2n) is 5.62. The highest BCUT2D eigenvalue weighted by Crippen LogP contribution is 2.24. The maximum absolute atomic E-state index is 12.3. The van der Waals surface area contributed by atoms with E-state index in [-0.39, 0.29) is 11.5 Å². The number of carbonyl (C=O) groups is 2. The van der Waals surface area contributed by atoms with Gasteiger partial charge in [0.15, 0.2) is 0 Å². The van der Waals surface area contributed by atoms with E-state index in [9.17, 15) is 9.59 Å². The average Bonchev–Trinajstić information content (AvgIpc) is 3.00. The largest absolute Gasteiger partial charge is 0.478 e. The van der Waals surface area contributed by atoms with Gasteiger partial charge in [-0.1, -0.05) is 25.0 Å². The molecule has 4 nitrogen and oxygen atoms in total. The fourth-order valence-electron chi connectivity index (χ4n) is 3.06. The van der Waals surface area contributed by atoms with Crippen LogP contribution < -0.4 is 0 Å².